The first-order valence-electron chi connectivity index (χ1n) is 12.9. The van der Waals surface area contributed by atoms with E-state index in [1.807, 2.05) is 31.2 Å². The molecular formula is C29H27N5O4. The fourth-order valence-corrected chi connectivity index (χ4v) is 7.56. The number of urea groups is 1. The summed E-state index contributed by atoms with van der Waals surface area (Å²) in [4.78, 5) is 27.4. The minimum absolute atomic E-state index is 0.0536. The van der Waals surface area contributed by atoms with Gasteiger partial charge in [0.15, 0.2) is 5.72 Å². The van der Waals surface area contributed by atoms with Crippen LogP contribution >= 0.6 is 0 Å². The number of likely N-dealkylation sites (N-methyl/N-ethyl adjacent to an activating group) is 1. The van der Waals surface area contributed by atoms with E-state index in [4.69, 9.17) is 15.2 Å². The van der Waals surface area contributed by atoms with Gasteiger partial charge in [0.25, 0.3) is 5.91 Å². The number of primary amides is 1. The van der Waals surface area contributed by atoms with E-state index in [1.54, 1.807) is 19.1 Å². The lowest BCUT2D eigenvalue weighted by atomic mass is 9.92. The number of ether oxygens (including phenoxy) is 2. The lowest BCUT2D eigenvalue weighted by Crippen LogP contribution is -2.62. The highest BCUT2D eigenvalue weighted by molar-refractivity contribution is 6.31. The lowest BCUT2D eigenvalue weighted by molar-refractivity contribution is -0.264. The summed E-state index contributed by atoms with van der Waals surface area (Å²) in [6, 6.07) is 15.5. The van der Waals surface area contributed by atoms with Crippen molar-refractivity contribution in [3.63, 3.8) is 0 Å². The lowest BCUT2D eigenvalue weighted by Gasteiger charge is -2.50. The Labute approximate surface area is 217 Å². The van der Waals surface area contributed by atoms with Crippen molar-refractivity contribution in [1.29, 1.82) is 0 Å². The number of methoxy groups -OCH3 is 1. The maximum atomic E-state index is 13.4. The minimum Gasteiger partial charge on any atom is -0.374 e. The molecule has 1 fully saturated rings. The smallest absolute Gasteiger partial charge is 0.314 e. The normalized spacial score (nSPS) is 25.9. The number of para-hydroxylation sites is 2. The topological polar surface area (TPSA) is 104 Å². The van der Waals surface area contributed by atoms with Crippen LogP contribution in [0.1, 0.15) is 35.5 Å². The third-order valence-electron chi connectivity index (χ3n) is 9.04. The molecule has 3 aromatic carbocycles. The summed E-state index contributed by atoms with van der Waals surface area (Å²) in [5, 5.41) is 7.15. The fourth-order valence-electron chi connectivity index (χ4n) is 7.56. The van der Waals surface area contributed by atoms with Gasteiger partial charge >= 0.3 is 6.03 Å². The van der Waals surface area contributed by atoms with Crippen molar-refractivity contribution >= 4 is 55.5 Å². The van der Waals surface area contributed by atoms with Crippen molar-refractivity contribution in [3.8, 4) is 0 Å². The Hall–Kier alpha value is -4.08. The van der Waals surface area contributed by atoms with Crippen LogP contribution in [0.2, 0.25) is 0 Å². The molecule has 9 heteroatoms. The van der Waals surface area contributed by atoms with Gasteiger partial charge in [-0.2, -0.15) is 0 Å². The third kappa shape index (κ3) is 2.35. The Kier molecular flexibility index (Phi) is 4.08. The number of aromatic nitrogens is 2. The number of carbonyl (C=O) groups is 2. The average Bonchev–Trinajstić information content (AvgIpc) is 3.55. The van der Waals surface area contributed by atoms with Crippen LogP contribution in [0.4, 0.5) is 4.79 Å². The van der Waals surface area contributed by atoms with Crippen LogP contribution in [0.25, 0.3) is 43.6 Å². The number of fused-ring (bicyclic) bond motifs is 13. The largest absolute Gasteiger partial charge is 0.374 e. The van der Waals surface area contributed by atoms with E-state index in [0.29, 0.717) is 13.0 Å². The third-order valence-corrected chi connectivity index (χ3v) is 9.04. The van der Waals surface area contributed by atoms with Gasteiger partial charge in [-0.15, -0.1) is 0 Å². The molecule has 5 aromatic rings. The van der Waals surface area contributed by atoms with Crippen LogP contribution in [0.5, 0.6) is 0 Å². The van der Waals surface area contributed by atoms with Crippen molar-refractivity contribution < 1.29 is 19.1 Å². The molecular weight excluding hydrogens is 482 g/mol. The molecule has 0 spiro atoms. The number of nitrogens with one attached hydrogen (secondary N) is 1. The van der Waals surface area contributed by atoms with Crippen LogP contribution in [0, 0.1) is 0 Å². The number of rotatable bonds is 2. The van der Waals surface area contributed by atoms with Crippen molar-refractivity contribution in [2.45, 2.75) is 44.0 Å². The first kappa shape index (κ1) is 22.0. The summed E-state index contributed by atoms with van der Waals surface area (Å²) in [6.45, 7) is 2.51. The SMILES string of the molecule is CO[C@@H]1[C@H](N(C)C(N)=O)C[C@@H]2O[C@]1(C)n1c3ccccc3c3c4c(c5c6ccccc6n2c5c31)C(=O)NC4. The van der Waals surface area contributed by atoms with Gasteiger partial charge in [0.05, 0.1) is 33.7 Å². The van der Waals surface area contributed by atoms with Crippen molar-refractivity contribution in [2.75, 3.05) is 14.2 Å². The monoisotopic (exact) mass is 509 g/mol. The second kappa shape index (κ2) is 7.06. The predicted octanol–water partition coefficient (Wildman–Crippen LogP) is 4.15. The minimum atomic E-state index is -0.981. The summed E-state index contributed by atoms with van der Waals surface area (Å²) >= 11 is 0. The van der Waals surface area contributed by atoms with Gasteiger partial charge in [-0.3, -0.25) is 4.79 Å². The second-order valence-electron chi connectivity index (χ2n) is 10.8. The number of benzene rings is 3. The van der Waals surface area contributed by atoms with Gasteiger partial charge in [0.1, 0.15) is 12.3 Å². The molecule has 0 saturated carbocycles. The highest BCUT2D eigenvalue weighted by Gasteiger charge is 2.54. The maximum absolute atomic E-state index is 13.4. The molecule has 2 bridgehead atoms. The molecule has 3 aliphatic rings. The second-order valence-corrected chi connectivity index (χ2v) is 10.8. The molecule has 0 aliphatic carbocycles. The zero-order chi connectivity index (χ0) is 26.1. The first-order chi connectivity index (χ1) is 18.4. The van der Waals surface area contributed by atoms with E-state index in [1.165, 1.54) is 0 Å². The first-order valence-corrected chi connectivity index (χ1v) is 12.9. The molecule has 2 aromatic heterocycles. The molecule has 192 valence electrons. The molecule has 3 amide bonds. The van der Waals surface area contributed by atoms with Gasteiger partial charge in [0.2, 0.25) is 0 Å². The van der Waals surface area contributed by atoms with Gasteiger partial charge < -0.3 is 34.6 Å². The molecule has 3 N–H and O–H groups in total. The van der Waals surface area contributed by atoms with Gasteiger partial charge in [-0.1, -0.05) is 36.4 Å². The number of amides is 3. The van der Waals surface area contributed by atoms with E-state index in [-0.39, 0.29) is 11.9 Å². The summed E-state index contributed by atoms with van der Waals surface area (Å²) in [5.74, 6) is -0.0536. The number of hydrogen-bond donors (Lipinski definition) is 2. The van der Waals surface area contributed by atoms with Crippen LogP contribution in [0.15, 0.2) is 48.5 Å². The number of hydrogen-bond acceptors (Lipinski definition) is 4. The van der Waals surface area contributed by atoms with Crippen molar-refractivity contribution in [1.82, 2.24) is 19.4 Å². The van der Waals surface area contributed by atoms with Gasteiger partial charge in [-0.05, 0) is 24.6 Å². The molecule has 9 nitrogen and oxygen atoms in total. The summed E-state index contributed by atoms with van der Waals surface area (Å²) in [6.07, 6.45) is -0.450. The number of carbonyl (C=O) groups excluding carboxylic acids is 2. The maximum Gasteiger partial charge on any atom is 0.314 e. The van der Waals surface area contributed by atoms with E-state index < -0.39 is 24.1 Å². The average molecular weight is 510 g/mol. The van der Waals surface area contributed by atoms with Crippen molar-refractivity contribution in [3.05, 3.63) is 59.7 Å². The Morgan fingerprint density at radius 3 is 2.50 bits per heavy atom. The van der Waals surface area contributed by atoms with Gasteiger partial charge in [-0.25, -0.2) is 4.79 Å². The van der Waals surface area contributed by atoms with Crippen LogP contribution in [0.3, 0.4) is 0 Å². The standard InChI is InChI=1S/C29H27N5O4/c1-29-26(37-3)19(32(2)28(30)36)12-20(38-29)33-17-10-6-4-8-14(17)22-23-16(13-31-27(23)35)21-15-9-5-7-11-18(15)34(29)25(21)24(22)33/h4-11,19-20,26H,12-13H2,1-3H3,(H2,30,36)(H,31,35)/t19-,20+,26-,29+/m1/s1. The van der Waals surface area contributed by atoms with Crippen LogP contribution in [-0.2, 0) is 21.7 Å². The zero-order valence-corrected chi connectivity index (χ0v) is 21.3. The predicted molar refractivity (Wildman–Crippen MR) is 144 cm³/mol. The molecule has 1 saturated heterocycles. The Bertz CT molecular complexity index is 1890. The molecule has 8 rings (SSSR count). The summed E-state index contributed by atoms with van der Waals surface area (Å²) in [5.41, 5.74) is 10.5. The highest BCUT2D eigenvalue weighted by Crippen LogP contribution is 2.54. The van der Waals surface area contributed by atoms with E-state index in [0.717, 1.165) is 54.7 Å². The molecule has 5 heterocycles. The Morgan fingerprint density at radius 2 is 1.79 bits per heavy atom. The molecule has 0 unspecified atom stereocenters. The fraction of sp³-hybridized carbons (Fsp3) is 0.310. The Morgan fingerprint density at radius 1 is 1.11 bits per heavy atom. The quantitative estimate of drug-likeness (QED) is 0.373. The van der Waals surface area contributed by atoms with E-state index in [9.17, 15) is 9.59 Å². The van der Waals surface area contributed by atoms with Gasteiger partial charge in [0, 0.05) is 48.7 Å². The number of nitrogens with zero attached hydrogens (tertiary/aromatic N) is 3. The molecule has 3 aliphatic heterocycles. The summed E-state index contributed by atoms with van der Waals surface area (Å²) < 4.78 is 17.7. The zero-order valence-electron chi connectivity index (χ0n) is 21.3. The Balaban J connectivity index is 1.66. The van der Waals surface area contributed by atoms with Crippen LogP contribution < -0.4 is 11.1 Å². The van der Waals surface area contributed by atoms with Crippen LogP contribution in [-0.4, -0.2) is 52.3 Å². The van der Waals surface area contributed by atoms with E-state index >= 15 is 0 Å². The van der Waals surface area contributed by atoms with E-state index in [2.05, 4.69) is 38.7 Å². The summed E-state index contributed by atoms with van der Waals surface area (Å²) in [7, 11) is 3.38. The molecule has 38 heavy (non-hydrogen) atoms. The van der Waals surface area contributed by atoms with Crippen molar-refractivity contribution in [2.24, 2.45) is 5.73 Å². The molecule has 4 atom stereocenters. The number of nitrogens with two attached hydrogens (primary N) is 1. The highest BCUT2D eigenvalue weighted by atomic mass is 16.6. The molecule has 0 radical (unpaired) electrons.